The Hall–Kier alpha value is -2.41. The van der Waals surface area contributed by atoms with Crippen LogP contribution in [0.25, 0.3) is 0 Å². The molecular weight excluding hydrogens is 256 g/mol. The zero-order valence-corrected chi connectivity index (χ0v) is 11.1. The minimum absolute atomic E-state index is 0.225. The van der Waals surface area contributed by atoms with E-state index in [1.54, 1.807) is 0 Å². The average molecular weight is 274 g/mol. The van der Waals surface area contributed by atoms with Gasteiger partial charge in [-0.15, -0.1) is 0 Å². The second kappa shape index (κ2) is 7.25. The van der Waals surface area contributed by atoms with Crippen LogP contribution in [0, 0.1) is 0 Å². The number of nitrogens with one attached hydrogen (secondary N) is 3. The number of nitrogens with zero attached hydrogens (tertiary/aromatic N) is 2. The van der Waals surface area contributed by atoms with Crippen LogP contribution < -0.4 is 16.4 Å². The topological polar surface area (TPSA) is 109 Å². The van der Waals surface area contributed by atoms with Crippen molar-refractivity contribution in [3.05, 3.63) is 42.0 Å². The summed E-state index contributed by atoms with van der Waals surface area (Å²) in [5.41, 5.74) is 7.27. The molecule has 0 saturated heterocycles. The third kappa shape index (κ3) is 4.36. The van der Waals surface area contributed by atoms with Gasteiger partial charge in [0.2, 0.25) is 0 Å². The first kappa shape index (κ1) is 14.0. The lowest BCUT2D eigenvalue weighted by Gasteiger charge is -2.08. The van der Waals surface area contributed by atoms with Crippen LogP contribution in [0.5, 0.6) is 0 Å². The number of urea groups is 1. The molecule has 0 saturated carbocycles. The number of nitrogens with two attached hydrogens (primary N) is 1. The molecule has 2 aromatic rings. The molecule has 0 fully saturated rings. The van der Waals surface area contributed by atoms with E-state index < -0.39 is 0 Å². The predicted octanol–water partition coefficient (Wildman–Crippen LogP) is 1.02. The third-order valence-electron chi connectivity index (χ3n) is 2.76. The van der Waals surface area contributed by atoms with Crippen LogP contribution in [0.1, 0.15) is 17.8 Å². The first-order valence-electron chi connectivity index (χ1n) is 6.46. The minimum atomic E-state index is -0.225. The van der Waals surface area contributed by atoms with E-state index in [9.17, 15) is 4.79 Å². The Morgan fingerprint density at radius 1 is 1.40 bits per heavy atom. The lowest BCUT2D eigenvalue weighted by molar-refractivity contribution is 0.252. The smallest absolute Gasteiger partial charge is 0.319 e. The SMILES string of the molecule is NCc1cccc(NC(=O)NCCCc2ncn[nH]2)c1. The fourth-order valence-electron chi connectivity index (χ4n) is 1.76. The van der Waals surface area contributed by atoms with E-state index in [0.717, 1.165) is 29.9 Å². The van der Waals surface area contributed by atoms with E-state index in [1.165, 1.54) is 6.33 Å². The van der Waals surface area contributed by atoms with Gasteiger partial charge < -0.3 is 16.4 Å². The highest BCUT2D eigenvalue weighted by atomic mass is 16.2. The number of hydrogen-bond donors (Lipinski definition) is 4. The summed E-state index contributed by atoms with van der Waals surface area (Å²) in [6.45, 7) is 1.03. The van der Waals surface area contributed by atoms with Crippen LogP contribution in [0.3, 0.4) is 0 Å². The summed E-state index contributed by atoms with van der Waals surface area (Å²) < 4.78 is 0. The Labute approximate surface area is 117 Å². The van der Waals surface area contributed by atoms with E-state index in [0.29, 0.717) is 13.1 Å². The maximum atomic E-state index is 11.7. The molecule has 5 N–H and O–H groups in total. The van der Waals surface area contributed by atoms with E-state index in [1.807, 2.05) is 24.3 Å². The van der Waals surface area contributed by atoms with Crippen molar-refractivity contribution in [2.75, 3.05) is 11.9 Å². The van der Waals surface area contributed by atoms with Crippen molar-refractivity contribution in [1.29, 1.82) is 0 Å². The maximum absolute atomic E-state index is 11.7. The number of anilines is 1. The van der Waals surface area contributed by atoms with Crippen LogP contribution in [0.2, 0.25) is 0 Å². The van der Waals surface area contributed by atoms with Gasteiger partial charge in [-0.2, -0.15) is 5.10 Å². The molecule has 0 radical (unpaired) electrons. The Balaban J connectivity index is 1.69. The van der Waals surface area contributed by atoms with Gasteiger partial charge in [0.25, 0.3) is 0 Å². The van der Waals surface area contributed by atoms with E-state index in [4.69, 9.17) is 5.73 Å². The number of H-pyrrole nitrogens is 1. The summed E-state index contributed by atoms with van der Waals surface area (Å²) in [4.78, 5) is 15.7. The third-order valence-corrected chi connectivity index (χ3v) is 2.76. The van der Waals surface area contributed by atoms with Crippen molar-refractivity contribution >= 4 is 11.7 Å². The van der Waals surface area contributed by atoms with E-state index >= 15 is 0 Å². The molecule has 1 aromatic heterocycles. The highest BCUT2D eigenvalue weighted by molar-refractivity contribution is 5.89. The highest BCUT2D eigenvalue weighted by Gasteiger charge is 2.02. The molecule has 106 valence electrons. The van der Waals surface area contributed by atoms with Crippen molar-refractivity contribution in [2.45, 2.75) is 19.4 Å². The molecule has 2 rings (SSSR count). The second-order valence-electron chi connectivity index (χ2n) is 4.32. The number of benzene rings is 1. The van der Waals surface area contributed by atoms with Gasteiger partial charge in [-0.1, -0.05) is 12.1 Å². The van der Waals surface area contributed by atoms with E-state index in [-0.39, 0.29) is 6.03 Å². The van der Waals surface area contributed by atoms with Gasteiger partial charge in [-0.3, -0.25) is 5.10 Å². The molecule has 0 spiro atoms. The molecule has 1 heterocycles. The number of aromatic nitrogens is 3. The second-order valence-corrected chi connectivity index (χ2v) is 4.32. The van der Waals surface area contributed by atoms with Crippen molar-refractivity contribution in [3.63, 3.8) is 0 Å². The normalized spacial score (nSPS) is 10.2. The molecule has 0 aliphatic carbocycles. The largest absolute Gasteiger partial charge is 0.338 e. The van der Waals surface area contributed by atoms with Crippen molar-refractivity contribution in [2.24, 2.45) is 5.73 Å². The summed E-state index contributed by atoms with van der Waals surface area (Å²) in [7, 11) is 0. The van der Waals surface area contributed by atoms with Crippen LogP contribution >= 0.6 is 0 Å². The van der Waals surface area contributed by atoms with Gasteiger partial charge in [0.1, 0.15) is 12.2 Å². The number of rotatable bonds is 6. The molecule has 0 atom stereocenters. The Morgan fingerprint density at radius 2 is 2.30 bits per heavy atom. The number of aryl methyl sites for hydroxylation is 1. The monoisotopic (exact) mass is 274 g/mol. The number of aromatic amines is 1. The van der Waals surface area contributed by atoms with Gasteiger partial charge in [0.15, 0.2) is 0 Å². The molecule has 0 bridgehead atoms. The molecule has 0 aliphatic heterocycles. The zero-order valence-electron chi connectivity index (χ0n) is 11.1. The quantitative estimate of drug-likeness (QED) is 0.589. The van der Waals surface area contributed by atoms with Gasteiger partial charge in [0, 0.05) is 25.2 Å². The van der Waals surface area contributed by atoms with Gasteiger partial charge >= 0.3 is 6.03 Å². The standard InChI is InChI=1S/C13H18N6O/c14-8-10-3-1-4-11(7-10)18-13(20)15-6-2-5-12-16-9-17-19-12/h1,3-4,7,9H,2,5-6,8,14H2,(H2,15,18,20)(H,16,17,19). The van der Waals surface area contributed by atoms with Crippen LogP contribution in [0.15, 0.2) is 30.6 Å². The Morgan fingerprint density at radius 3 is 3.05 bits per heavy atom. The molecular formula is C13H18N6O. The summed E-state index contributed by atoms with van der Waals surface area (Å²) in [5, 5.41) is 12.1. The van der Waals surface area contributed by atoms with Crippen molar-refractivity contribution in [3.8, 4) is 0 Å². The van der Waals surface area contributed by atoms with Crippen molar-refractivity contribution < 1.29 is 4.79 Å². The highest BCUT2D eigenvalue weighted by Crippen LogP contribution is 2.09. The molecule has 20 heavy (non-hydrogen) atoms. The molecule has 1 aromatic carbocycles. The summed E-state index contributed by atoms with van der Waals surface area (Å²) in [6, 6.07) is 7.24. The fraction of sp³-hybridized carbons (Fsp3) is 0.308. The summed E-state index contributed by atoms with van der Waals surface area (Å²) in [5.74, 6) is 0.822. The zero-order chi connectivity index (χ0) is 14.2. The minimum Gasteiger partial charge on any atom is -0.338 e. The Bertz CT molecular complexity index is 540. The summed E-state index contributed by atoms with van der Waals surface area (Å²) >= 11 is 0. The molecule has 7 heteroatoms. The molecule has 0 unspecified atom stereocenters. The number of hydrogen-bond acceptors (Lipinski definition) is 4. The number of carbonyl (C=O) groups is 1. The van der Waals surface area contributed by atoms with Crippen molar-refractivity contribution in [1.82, 2.24) is 20.5 Å². The summed E-state index contributed by atoms with van der Waals surface area (Å²) in [6.07, 6.45) is 3.02. The van der Waals surface area contributed by atoms with Gasteiger partial charge in [-0.25, -0.2) is 9.78 Å². The van der Waals surface area contributed by atoms with Crippen LogP contribution in [-0.4, -0.2) is 27.8 Å². The molecule has 0 aliphatic rings. The van der Waals surface area contributed by atoms with E-state index in [2.05, 4.69) is 25.8 Å². The first-order valence-corrected chi connectivity index (χ1v) is 6.46. The lowest BCUT2D eigenvalue weighted by Crippen LogP contribution is -2.29. The van der Waals surface area contributed by atoms with Gasteiger partial charge in [-0.05, 0) is 24.1 Å². The molecule has 2 amide bonds. The number of carbonyl (C=O) groups excluding carboxylic acids is 1. The fourth-order valence-corrected chi connectivity index (χ4v) is 1.76. The Kier molecular flexibility index (Phi) is 5.08. The average Bonchev–Trinajstić information content (AvgIpc) is 2.97. The predicted molar refractivity (Wildman–Crippen MR) is 76.1 cm³/mol. The molecule has 7 nitrogen and oxygen atoms in total. The first-order chi connectivity index (χ1) is 9.78. The van der Waals surface area contributed by atoms with Gasteiger partial charge in [0.05, 0.1) is 0 Å². The van der Waals surface area contributed by atoms with Crippen LogP contribution in [-0.2, 0) is 13.0 Å². The lowest BCUT2D eigenvalue weighted by atomic mass is 10.2. The van der Waals surface area contributed by atoms with Crippen LogP contribution in [0.4, 0.5) is 10.5 Å². The number of amides is 2. The maximum Gasteiger partial charge on any atom is 0.319 e.